The highest BCUT2D eigenvalue weighted by Gasteiger charge is 2.23. The molecule has 6 nitrogen and oxygen atoms in total. The Bertz CT molecular complexity index is 900. The summed E-state index contributed by atoms with van der Waals surface area (Å²) in [4.78, 5) is 9.88. The molecule has 0 bridgehead atoms. The topological polar surface area (TPSA) is 89.3 Å². The lowest BCUT2D eigenvalue weighted by molar-refractivity contribution is -0.385. The zero-order valence-electron chi connectivity index (χ0n) is 12.8. The molecule has 0 saturated heterocycles. The van der Waals surface area contributed by atoms with Crippen LogP contribution in [0, 0.1) is 28.7 Å². The van der Waals surface area contributed by atoms with E-state index in [4.69, 9.17) is 0 Å². The van der Waals surface area contributed by atoms with E-state index in [1.807, 2.05) is 0 Å². The smallest absolute Gasteiger partial charge is 0.258 e. The van der Waals surface area contributed by atoms with E-state index in [9.17, 15) is 27.3 Å². The number of sulfonamides is 1. The summed E-state index contributed by atoms with van der Waals surface area (Å²) < 4.78 is 53.5. The Hall–Kier alpha value is -2.39. The minimum Gasteiger partial charge on any atom is -0.258 e. The number of non-ortho nitro benzene ring substituents is 1. The van der Waals surface area contributed by atoms with Crippen molar-refractivity contribution in [3.8, 4) is 0 Å². The van der Waals surface area contributed by atoms with Crippen LogP contribution < -0.4 is 4.72 Å². The molecule has 0 aliphatic heterocycles. The molecule has 0 spiro atoms. The second kappa shape index (κ2) is 6.62. The van der Waals surface area contributed by atoms with E-state index in [-0.39, 0.29) is 16.1 Å². The first-order valence-corrected chi connectivity index (χ1v) is 8.32. The maximum absolute atomic E-state index is 13.3. The third-order valence-electron chi connectivity index (χ3n) is 3.45. The Morgan fingerprint density at radius 3 is 2.38 bits per heavy atom. The highest BCUT2D eigenvalue weighted by Crippen LogP contribution is 2.24. The Balaban J connectivity index is 2.35. The van der Waals surface area contributed by atoms with E-state index < -0.39 is 32.6 Å². The number of nitro benzene ring substituents is 1. The molecular weight excluding hydrogens is 342 g/mol. The van der Waals surface area contributed by atoms with E-state index in [1.54, 1.807) is 0 Å². The molecule has 0 aliphatic carbocycles. The highest BCUT2D eigenvalue weighted by atomic mass is 32.2. The molecule has 0 amide bonds. The first-order valence-electron chi connectivity index (χ1n) is 6.84. The van der Waals surface area contributed by atoms with Crippen LogP contribution in [0.2, 0.25) is 0 Å². The maximum atomic E-state index is 13.3. The number of nitrogens with zero attached hydrogens (tertiary/aromatic N) is 1. The first-order chi connectivity index (χ1) is 11.1. The van der Waals surface area contributed by atoms with E-state index in [0.29, 0.717) is 5.56 Å². The predicted molar refractivity (Wildman–Crippen MR) is 82.9 cm³/mol. The highest BCUT2D eigenvalue weighted by molar-refractivity contribution is 7.89. The molecule has 9 heteroatoms. The molecule has 0 saturated carbocycles. The summed E-state index contributed by atoms with van der Waals surface area (Å²) in [5.74, 6) is -2.13. The normalized spacial score (nSPS) is 12.8. The summed E-state index contributed by atoms with van der Waals surface area (Å²) in [6.07, 6.45) is 0. The Labute approximate surface area is 137 Å². The maximum Gasteiger partial charge on any atom is 0.270 e. The molecule has 0 radical (unpaired) electrons. The van der Waals surface area contributed by atoms with Crippen LogP contribution in [0.25, 0.3) is 0 Å². The van der Waals surface area contributed by atoms with Crippen molar-refractivity contribution in [2.75, 3.05) is 0 Å². The number of nitro groups is 1. The van der Waals surface area contributed by atoms with Gasteiger partial charge in [0.25, 0.3) is 5.69 Å². The SMILES string of the molecule is Cc1ccc([N+](=O)[O-])cc1S(=O)(=O)NC(C)c1ccc(F)c(F)c1. The van der Waals surface area contributed by atoms with Gasteiger partial charge in [-0.05, 0) is 37.1 Å². The van der Waals surface area contributed by atoms with E-state index in [2.05, 4.69) is 4.72 Å². The quantitative estimate of drug-likeness (QED) is 0.658. The number of benzene rings is 2. The lowest BCUT2D eigenvalue weighted by Crippen LogP contribution is -2.27. The molecule has 1 N–H and O–H groups in total. The number of aryl methyl sites for hydroxylation is 1. The zero-order valence-corrected chi connectivity index (χ0v) is 13.6. The minimum absolute atomic E-state index is 0.223. The van der Waals surface area contributed by atoms with Gasteiger partial charge >= 0.3 is 0 Å². The van der Waals surface area contributed by atoms with Crippen molar-refractivity contribution in [2.45, 2.75) is 24.8 Å². The van der Waals surface area contributed by atoms with E-state index in [0.717, 1.165) is 18.2 Å². The van der Waals surface area contributed by atoms with E-state index >= 15 is 0 Å². The second-order valence-electron chi connectivity index (χ2n) is 5.22. The van der Waals surface area contributed by atoms with Gasteiger partial charge in [0.2, 0.25) is 10.0 Å². The van der Waals surface area contributed by atoms with Crippen molar-refractivity contribution >= 4 is 15.7 Å². The predicted octanol–water partition coefficient (Wildman–Crippen LogP) is 3.22. The third kappa shape index (κ3) is 3.74. The summed E-state index contributed by atoms with van der Waals surface area (Å²) in [6, 6.07) is 5.67. The lowest BCUT2D eigenvalue weighted by Gasteiger charge is -2.16. The van der Waals surface area contributed by atoms with Crippen LogP contribution in [0.3, 0.4) is 0 Å². The van der Waals surface area contributed by atoms with Crippen LogP contribution in [-0.4, -0.2) is 13.3 Å². The average Bonchev–Trinajstić information content (AvgIpc) is 2.49. The zero-order chi connectivity index (χ0) is 18.1. The minimum atomic E-state index is -4.09. The molecule has 128 valence electrons. The van der Waals surface area contributed by atoms with Crippen molar-refractivity contribution < 1.29 is 22.1 Å². The van der Waals surface area contributed by atoms with Gasteiger partial charge in [0, 0.05) is 18.2 Å². The fourth-order valence-corrected chi connectivity index (χ4v) is 3.63. The van der Waals surface area contributed by atoms with E-state index in [1.165, 1.54) is 32.0 Å². The van der Waals surface area contributed by atoms with Gasteiger partial charge in [0.15, 0.2) is 11.6 Å². The van der Waals surface area contributed by atoms with Crippen molar-refractivity contribution in [2.24, 2.45) is 0 Å². The van der Waals surface area contributed by atoms with Gasteiger partial charge in [-0.3, -0.25) is 10.1 Å². The van der Waals surface area contributed by atoms with Gasteiger partial charge in [-0.1, -0.05) is 12.1 Å². The van der Waals surface area contributed by atoms with Gasteiger partial charge in [0.1, 0.15) is 0 Å². The van der Waals surface area contributed by atoms with Gasteiger partial charge in [-0.25, -0.2) is 21.9 Å². The van der Waals surface area contributed by atoms with Crippen molar-refractivity contribution in [3.63, 3.8) is 0 Å². The molecule has 24 heavy (non-hydrogen) atoms. The third-order valence-corrected chi connectivity index (χ3v) is 5.13. The summed E-state index contributed by atoms with van der Waals surface area (Å²) in [7, 11) is -4.09. The summed E-state index contributed by atoms with van der Waals surface area (Å²) >= 11 is 0. The Morgan fingerprint density at radius 1 is 1.12 bits per heavy atom. The second-order valence-corrected chi connectivity index (χ2v) is 6.91. The van der Waals surface area contributed by atoms with Crippen molar-refractivity contribution in [3.05, 3.63) is 69.3 Å². The number of rotatable bonds is 5. The Morgan fingerprint density at radius 2 is 1.79 bits per heavy atom. The van der Waals surface area contributed by atoms with Crippen LogP contribution >= 0.6 is 0 Å². The van der Waals surface area contributed by atoms with Crippen LogP contribution in [0.15, 0.2) is 41.3 Å². The van der Waals surface area contributed by atoms with Gasteiger partial charge in [-0.15, -0.1) is 0 Å². The first kappa shape index (κ1) is 18.0. The van der Waals surface area contributed by atoms with Crippen LogP contribution in [0.1, 0.15) is 24.1 Å². The number of hydrogen-bond acceptors (Lipinski definition) is 4. The number of halogens is 2. The molecule has 0 aliphatic rings. The molecular formula is C15H14F2N2O4S. The molecule has 1 unspecified atom stereocenters. The molecule has 2 rings (SSSR count). The van der Waals surface area contributed by atoms with Gasteiger partial charge in [-0.2, -0.15) is 0 Å². The molecule has 0 fully saturated rings. The molecule has 2 aromatic carbocycles. The molecule has 1 atom stereocenters. The summed E-state index contributed by atoms with van der Waals surface area (Å²) in [6.45, 7) is 2.96. The standard InChI is InChI=1S/C15H14F2N2O4S/c1-9-3-5-12(19(20)21)8-15(9)24(22,23)18-10(2)11-4-6-13(16)14(17)7-11/h3-8,10,18H,1-2H3. The fourth-order valence-electron chi connectivity index (χ4n) is 2.14. The summed E-state index contributed by atoms with van der Waals surface area (Å²) in [5.41, 5.74) is 0.188. The van der Waals surface area contributed by atoms with Crippen LogP contribution in [-0.2, 0) is 10.0 Å². The monoisotopic (exact) mass is 356 g/mol. The van der Waals surface area contributed by atoms with Crippen LogP contribution in [0.4, 0.5) is 14.5 Å². The van der Waals surface area contributed by atoms with Crippen LogP contribution in [0.5, 0.6) is 0 Å². The lowest BCUT2D eigenvalue weighted by atomic mass is 10.1. The van der Waals surface area contributed by atoms with Gasteiger partial charge in [0.05, 0.1) is 9.82 Å². The van der Waals surface area contributed by atoms with Crippen molar-refractivity contribution in [1.82, 2.24) is 4.72 Å². The average molecular weight is 356 g/mol. The molecule has 0 aromatic heterocycles. The number of nitrogens with one attached hydrogen (secondary N) is 1. The van der Waals surface area contributed by atoms with Gasteiger partial charge < -0.3 is 0 Å². The largest absolute Gasteiger partial charge is 0.270 e. The fraction of sp³-hybridized carbons (Fsp3) is 0.200. The number of hydrogen-bond donors (Lipinski definition) is 1. The molecule has 2 aromatic rings. The molecule has 0 heterocycles. The Kier molecular flexibility index (Phi) is 4.95. The summed E-state index contributed by atoms with van der Waals surface area (Å²) in [5, 5.41) is 10.8. The van der Waals surface area contributed by atoms with Crippen molar-refractivity contribution in [1.29, 1.82) is 0 Å².